The average Bonchev–Trinajstić information content (AvgIpc) is 2.63. The van der Waals surface area contributed by atoms with E-state index in [-0.39, 0.29) is 29.8 Å². The van der Waals surface area contributed by atoms with Gasteiger partial charge in [-0.15, -0.1) is 0 Å². The zero-order valence-electron chi connectivity index (χ0n) is 17.0. The van der Waals surface area contributed by atoms with Gasteiger partial charge in [0.25, 0.3) is 0 Å². The third kappa shape index (κ3) is 6.44. The number of rotatable bonds is 9. The van der Waals surface area contributed by atoms with Crippen molar-refractivity contribution >= 4 is 15.9 Å². The Labute approximate surface area is 168 Å². The molecule has 0 heterocycles. The standard InChI is InChI=1S/C21H29N3O3S/c1-16-10-11-19(14-17(16)2)28(26,27)22-13-12-21(25)23-20(15-24(3)4)18-8-6-5-7-9-18/h5-11,14,20,22H,12-13,15H2,1-4H3,(H,23,25)/p+1/t20-/m1/s1. The Bertz CT molecular complexity index is 896. The number of likely N-dealkylation sites (N-methyl/N-ethyl adjacent to an activating group) is 1. The Morgan fingerprint density at radius 2 is 1.71 bits per heavy atom. The van der Waals surface area contributed by atoms with Crippen LogP contribution < -0.4 is 14.9 Å². The van der Waals surface area contributed by atoms with Crippen LogP contribution in [0.5, 0.6) is 0 Å². The van der Waals surface area contributed by atoms with Crippen molar-refractivity contribution in [2.45, 2.75) is 31.2 Å². The van der Waals surface area contributed by atoms with E-state index in [0.29, 0.717) is 0 Å². The van der Waals surface area contributed by atoms with Crippen molar-refractivity contribution in [2.75, 3.05) is 27.2 Å². The number of quaternary nitrogens is 1. The van der Waals surface area contributed by atoms with E-state index in [1.165, 1.54) is 4.90 Å². The molecule has 152 valence electrons. The minimum absolute atomic E-state index is 0.0530. The van der Waals surface area contributed by atoms with Crippen molar-refractivity contribution in [3.05, 3.63) is 65.2 Å². The Morgan fingerprint density at radius 3 is 2.32 bits per heavy atom. The molecule has 0 unspecified atom stereocenters. The molecule has 0 aliphatic heterocycles. The van der Waals surface area contributed by atoms with Crippen LogP contribution in [0.15, 0.2) is 53.4 Å². The first-order valence-corrected chi connectivity index (χ1v) is 10.9. The summed E-state index contributed by atoms with van der Waals surface area (Å²) in [6, 6.07) is 14.7. The highest BCUT2D eigenvalue weighted by molar-refractivity contribution is 7.89. The van der Waals surface area contributed by atoms with Gasteiger partial charge in [-0.3, -0.25) is 4.79 Å². The summed E-state index contributed by atoms with van der Waals surface area (Å²) in [6.07, 6.45) is 0.0795. The first-order valence-electron chi connectivity index (χ1n) is 9.39. The lowest BCUT2D eigenvalue weighted by Gasteiger charge is -2.21. The summed E-state index contributed by atoms with van der Waals surface area (Å²) in [5, 5.41) is 3.01. The SMILES string of the molecule is Cc1ccc(S(=O)(=O)NCCC(=O)N[C@H](C[NH+](C)C)c2ccccc2)cc1C. The summed E-state index contributed by atoms with van der Waals surface area (Å²) in [5.74, 6) is -0.183. The van der Waals surface area contributed by atoms with Gasteiger partial charge in [0.1, 0.15) is 12.6 Å². The molecule has 2 rings (SSSR count). The average molecular weight is 405 g/mol. The number of sulfonamides is 1. The molecule has 3 N–H and O–H groups in total. The van der Waals surface area contributed by atoms with Crippen LogP contribution in [-0.2, 0) is 14.8 Å². The molecular formula is C21H30N3O3S+. The second kappa shape index (κ2) is 9.82. The van der Waals surface area contributed by atoms with Gasteiger partial charge < -0.3 is 10.2 Å². The molecule has 0 saturated carbocycles. The van der Waals surface area contributed by atoms with Gasteiger partial charge in [-0.05, 0) is 42.7 Å². The molecule has 6 nitrogen and oxygen atoms in total. The van der Waals surface area contributed by atoms with E-state index in [9.17, 15) is 13.2 Å². The molecule has 0 aliphatic carbocycles. The molecular weight excluding hydrogens is 374 g/mol. The van der Waals surface area contributed by atoms with Crippen LogP contribution >= 0.6 is 0 Å². The minimum Gasteiger partial charge on any atom is -0.344 e. The molecule has 1 amide bonds. The van der Waals surface area contributed by atoms with Crippen molar-refractivity contribution in [2.24, 2.45) is 0 Å². The maximum atomic E-state index is 12.4. The number of nitrogens with one attached hydrogen (secondary N) is 3. The number of carbonyl (C=O) groups is 1. The van der Waals surface area contributed by atoms with E-state index >= 15 is 0 Å². The van der Waals surface area contributed by atoms with Gasteiger partial charge in [0.05, 0.1) is 19.0 Å². The predicted molar refractivity (Wildman–Crippen MR) is 111 cm³/mol. The molecule has 0 saturated heterocycles. The Kier molecular flexibility index (Phi) is 7.74. The van der Waals surface area contributed by atoms with E-state index in [1.54, 1.807) is 18.2 Å². The summed E-state index contributed by atoms with van der Waals surface area (Å²) in [6.45, 7) is 4.60. The third-order valence-corrected chi connectivity index (χ3v) is 6.04. The monoisotopic (exact) mass is 404 g/mol. The van der Waals surface area contributed by atoms with Gasteiger partial charge in [0, 0.05) is 13.0 Å². The summed E-state index contributed by atoms with van der Waals surface area (Å²) in [5.41, 5.74) is 2.98. The van der Waals surface area contributed by atoms with E-state index in [2.05, 4.69) is 10.0 Å². The molecule has 2 aromatic rings. The van der Waals surface area contributed by atoms with Crippen LogP contribution in [0.4, 0.5) is 0 Å². The number of carbonyl (C=O) groups excluding carboxylic acids is 1. The predicted octanol–water partition coefficient (Wildman–Crippen LogP) is 0.974. The van der Waals surface area contributed by atoms with Crippen LogP contribution in [-0.4, -0.2) is 41.5 Å². The highest BCUT2D eigenvalue weighted by Gasteiger charge is 2.19. The van der Waals surface area contributed by atoms with Crippen molar-refractivity contribution in [1.29, 1.82) is 0 Å². The lowest BCUT2D eigenvalue weighted by atomic mass is 10.1. The largest absolute Gasteiger partial charge is 0.344 e. The molecule has 0 bridgehead atoms. The number of hydrogen-bond acceptors (Lipinski definition) is 3. The Hall–Kier alpha value is -2.22. The van der Waals surface area contributed by atoms with Crippen molar-refractivity contribution in [3.8, 4) is 0 Å². The molecule has 7 heteroatoms. The van der Waals surface area contributed by atoms with Crippen LogP contribution in [0.2, 0.25) is 0 Å². The molecule has 0 fully saturated rings. The third-order valence-electron chi connectivity index (χ3n) is 4.58. The number of hydrogen-bond donors (Lipinski definition) is 3. The fraction of sp³-hybridized carbons (Fsp3) is 0.381. The highest BCUT2D eigenvalue weighted by atomic mass is 32.2. The van der Waals surface area contributed by atoms with Crippen LogP contribution in [0.3, 0.4) is 0 Å². The molecule has 0 aliphatic rings. The summed E-state index contributed by atoms with van der Waals surface area (Å²) < 4.78 is 27.4. The fourth-order valence-corrected chi connectivity index (χ4v) is 3.99. The summed E-state index contributed by atoms with van der Waals surface area (Å²) >= 11 is 0. The molecule has 28 heavy (non-hydrogen) atoms. The van der Waals surface area contributed by atoms with Gasteiger partial charge >= 0.3 is 0 Å². The van der Waals surface area contributed by atoms with Crippen LogP contribution in [0.25, 0.3) is 0 Å². The van der Waals surface area contributed by atoms with Crippen molar-refractivity contribution in [3.63, 3.8) is 0 Å². The summed E-state index contributed by atoms with van der Waals surface area (Å²) in [7, 11) is 0.426. The maximum absolute atomic E-state index is 12.4. The molecule has 0 aromatic heterocycles. The zero-order valence-corrected chi connectivity index (χ0v) is 17.8. The number of aryl methyl sites for hydroxylation is 2. The Balaban J connectivity index is 1.94. The van der Waals surface area contributed by atoms with Gasteiger partial charge in [-0.2, -0.15) is 0 Å². The van der Waals surface area contributed by atoms with Gasteiger partial charge in [-0.25, -0.2) is 13.1 Å². The topological polar surface area (TPSA) is 79.7 Å². The molecule has 2 aromatic carbocycles. The van der Waals surface area contributed by atoms with E-state index < -0.39 is 10.0 Å². The van der Waals surface area contributed by atoms with Gasteiger partial charge in [0.2, 0.25) is 15.9 Å². The molecule has 0 spiro atoms. The lowest BCUT2D eigenvalue weighted by molar-refractivity contribution is -0.860. The first kappa shape index (κ1) is 22.1. The molecule has 1 atom stereocenters. The highest BCUT2D eigenvalue weighted by Crippen LogP contribution is 2.14. The first-order chi connectivity index (χ1) is 13.2. The van der Waals surface area contributed by atoms with E-state index in [0.717, 1.165) is 23.2 Å². The second-order valence-electron chi connectivity index (χ2n) is 7.34. The van der Waals surface area contributed by atoms with Gasteiger partial charge in [0.15, 0.2) is 0 Å². The van der Waals surface area contributed by atoms with E-state index in [1.807, 2.05) is 58.3 Å². The van der Waals surface area contributed by atoms with E-state index in [4.69, 9.17) is 0 Å². The van der Waals surface area contributed by atoms with Crippen molar-refractivity contribution < 1.29 is 18.1 Å². The second-order valence-corrected chi connectivity index (χ2v) is 9.10. The smallest absolute Gasteiger partial charge is 0.240 e. The fourth-order valence-electron chi connectivity index (χ4n) is 2.88. The minimum atomic E-state index is -3.63. The summed E-state index contributed by atoms with van der Waals surface area (Å²) in [4.78, 5) is 13.8. The normalized spacial score (nSPS) is 12.8. The van der Waals surface area contributed by atoms with Crippen LogP contribution in [0.1, 0.15) is 29.2 Å². The van der Waals surface area contributed by atoms with Crippen LogP contribution in [0, 0.1) is 13.8 Å². The lowest BCUT2D eigenvalue weighted by Crippen LogP contribution is -3.06. The Morgan fingerprint density at radius 1 is 1.04 bits per heavy atom. The molecule has 0 radical (unpaired) electrons. The quantitative estimate of drug-likeness (QED) is 0.583. The zero-order chi connectivity index (χ0) is 20.7. The maximum Gasteiger partial charge on any atom is 0.240 e. The van der Waals surface area contributed by atoms with Gasteiger partial charge in [-0.1, -0.05) is 36.4 Å². The van der Waals surface area contributed by atoms with Crippen molar-refractivity contribution in [1.82, 2.24) is 10.0 Å². The number of benzene rings is 2. The number of amides is 1.